The molecule has 0 atom stereocenters. The monoisotopic (exact) mass is 478 g/mol. The lowest BCUT2D eigenvalue weighted by atomic mass is 10.1. The van der Waals surface area contributed by atoms with Crippen molar-refractivity contribution in [2.75, 3.05) is 18.4 Å². The zero-order valence-electron chi connectivity index (χ0n) is 16.9. The average Bonchev–Trinajstić information content (AvgIpc) is 3.37. The molecule has 1 heterocycles. The highest BCUT2D eigenvalue weighted by molar-refractivity contribution is 9.10. The molecule has 1 aliphatic carbocycles. The Labute approximate surface area is 184 Å². The lowest BCUT2D eigenvalue weighted by Gasteiger charge is -2.27. The fourth-order valence-corrected chi connectivity index (χ4v) is 4.59. The first kappa shape index (κ1) is 21.9. The number of hydrogen-bond donors (Lipinski definition) is 1. The molecule has 1 aliphatic rings. The van der Waals surface area contributed by atoms with Crippen LogP contribution in [0.4, 0.5) is 5.13 Å². The summed E-state index contributed by atoms with van der Waals surface area (Å²) in [6.45, 7) is 5.33. The summed E-state index contributed by atoms with van der Waals surface area (Å²) in [5, 5.41) is 12.3. The van der Waals surface area contributed by atoms with Gasteiger partial charge < -0.3 is 10.2 Å². The second-order valence-electron chi connectivity index (χ2n) is 7.88. The number of nitrogens with one attached hydrogen (secondary N) is 1. The molecule has 8 heteroatoms. The summed E-state index contributed by atoms with van der Waals surface area (Å²) in [5.41, 5.74) is 0.955. The van der Waals surface area contributed by atoms with E-state index in [9.17, 15) is 9.59 Å². The van der Waals surface area contributed by atoms with Crippen molar-refractivity contribution in [2.24, 2.45) is 11.8 Å². The molecule has 0 unspecified atom stereocenters. The Balaban J connectivity index is 1.55. The first-order chi connectivity index (χ1) is 13.9. The number of aromatic nitrogens is 2. The van der Waals surface area contributed by atoms with E-state index in [-0.39, 0.29) is 24.2 Å². The van der Waals surface area contributed by atoms with Crippen LogP contribution in [0.15, 0.2) is 28.7 Å². The highest BCUT2D eigenvalue weighted by Crippen LogP contribution is 2.28. The molecule has 1 saturated carbocycles. The fraction of sp³-hybridized carbons (Fsp3) is 0.524. The molecule has 0 saturated heterocycles. The Morgan fingerprint density at radius 1 is 1.21 bits per heavy atom. The maximum absolute atomic E-state index is 12.8. The van der Waals surface area contributed by atoms with E-state index in [1.165, 1.54) is 11.3 Å². The van der Waals surface area contributed by atoms with Crippen LogP contribution in [-0.4, -0.2) is 40.0 Å². The van der Waals surface area contributed by atoms with Gasteiger partial charge in [-0.05, 0) is 30.9 Å². The molecule has 3 rings (SSSR count). The molecule has 0 bridgehead atoms. The number of rotatable bonds is 8. The van der Waals surface area contributed by atoms with Crippen LogP contribution in [0.2, 0.25) is 0 Å². The van der Waals surface area contributed by atoms with Crippen LogP contribution in [0.3, 0.4) is 0 Å². The number of benzene rings is 1. The number of carbonyl (C=O) groups excluding carboxylic acids is 2. The van der Waals surface area contributed by atoms with Gasteiger partial charge in [0, 0.05) is 35.5 Å². The second kappa shape index (κ2) is 10.3. The maximum Gasteiger partial charge on any atom is 0.227 e. The molecular formula is C21H27BrN4O2S. The van der Waals surface area contributed by atoms with Crippen molar-refractivity contribution in [1.29, 1.82) is 0 Å². The molecule has 1 aromatic carbocycles. The van der Waals surface area contributed by atoms with Gasteiger partial charge in [-0.15, -0.1) is 10.2 Å². The van der Waals surface area contributed by atoms with Gasteiger partial charge in [0.25, 0.3) is 0 Å². The molecule has 156 valence electrons. The quantitative estimate of drug-likeness (QED) is 0.580. The molecular weight excluding hydrogens is 452 g/mol. The molecule has 2 aromatic rings. The molecule has 6 nitrogen and oxygen atoms in total. The van der Waals surface area contributed by atoms with Crippen LogP contribution in [0.25, 0.3) is 10.6 Å². The van der Waals surface area contributed by atoms with Gasteiger partial charge in [-0.1, -0.05) is 66.1 Å². The zero-order valence-corrected chi connectivity index (χ0v) is 19.3. The number of carbonyl (C=O) groups is 2. The van der Waals surface area contributed by atoms with Gasteiger partial charge in [0.2, 0.25) is 16.9 Å². The van der Waals surface area contributed by atoms with Crippen LogP contribution < -0.4 is 5.32 Å². The van der Waals surface area contributed by atoms with E-state index in [0.717, 1.165) is 40.7 Å². The van der Waals surface area contributed by atoms with Gasteiger partial charge in [0.15, 0.2) is 0 Å². The van der Waals surface area contributed by atoms with E-state index in [2.05, 4.69) is 45.3 Å². The molecule has 2 amide bonds. The zero-order chi connectivity index (χ0) is 20.8. The average molecular weight is 479 g/mol. The SMILES string of the molecule is CC(C)CN(CCC(=O)Nc1nnc(-c2ccc(Br)cc2)s1)C(=O)C1CCCC1. The third kappa shape index (κ3) is 6.34. The molecule has 1 fully saturated rings. The van der Waals surface area contributed by atoms with Crippen molar-refractivity contribution in [3.8, 4) is 10.6 Å². The third-order valence-corrected chi connectivity index (χ3v) is 6.39. The first-order valence-corrected chi connectivity index (χ1v) is 11.7. The Hall–Kier alpha value is -1.80. The van der Waals surface area contributed by atoms with Crippen molar-refractivity contribution in [3.05, 3.63) is 28.7 Å². The number of halogens is 1. The Morgan fingerprint density at radius 3 is 2.55 bits per heavy atom. The van der Waals surface area contributed by atoms with Crippen LogP contribution in [0.1, 0.15) is 46.0 Å². The largest absolute Gasteiger partial charge is 0.342 e. The summed E-state index contributed by atoms with van der Waals surface area (Å²) < 4.78 is 0.998. The molecule has 29 heavy (non-hydrogen) atoms. The summed E-state index contributed by atoms with van der Waals surface area (Å²) >= 11 is 4.76. The summed E-state index contributed by atoms with van der Waals surface area (Å²) in [5.74, 6) is 0.572. The van der Waals surface area contributed by atoms with Gasteiger partial charge in [-0.2, -0.15) is 0 Å². The number of amides is 2. The van der Waals surface area contributed by atoms with Gasteiger partial charge in [0.05, 0.1) is 0 Å². The standard InChI is InChI=1S/C21H27BrN4O2S/c1-14(2)13-26(20(28)16-5-3-4-6-16)12-11-18(27)23-21-25-24-19(29-21)15-7-9-17(22)10-8-15/h7-10,14,16H,3-6,11-13H2,1-2H3,(H,23,25,27). The summed E-state index contributed by atoms with van der Waals surface area (Å²) in [6.07, 6.45) is 4.47. The number of hydrogen-bond acceptors (Lipinski definition) is 5. The second-order valence-corrected chi connectivity index (χ2v) is 9.77. The van der Waals surface area contributed by atoms with E-state index in [4.69, 9.17) is 0 Å². The van der Waals surface area contributed by atoms with E-state index < -0.39 is 0 Å². The van der Waals surface area contributed by atoms with Crippen molar-refractivity contribution in [1.82, 2.24) is 15.1 Å². The van der Waals surface area contributed by atoms with Gasteiger partial charge in [-0.3, -0.25) is 9.59 Å². The minimum Gasteiger partial charge on any atom is -0.342 e. The molecule has 1 aromatic heterocycles. The van der Waals surface area contributed by atoms with Crippen molar-refractivity contribution in [3.63, 3.8) is 0 Å². The van der Waals surface area contributed by atoms with Gasteiger partial charge >= 0.3 is 0 Å². The topological polar surface area (TPSA) is 75.2 Å². The Morgan fingerprint density at radius 2 is 1.90 bits per heavy atom. The molecule has 0 aliphatic heterocycles. The molecule has 0 spiro atoms. The van der Waals surface area contributed by atoms with Crippen LogP contribution in [-0.2, 0) is 9.59 Å². The summed E-state index contributed by atoms with van der Waals surface area (Å²) in [6, 6.07) is 7.79. The van der Waals surface area contributed by atoms with Gasteiger partial charge in [-0.25, -0.2) is 0 Å². The van der Waals surface area contributed by atoms with E-state index in [1.807, 2.05) is 29.2 Å². The highest BCUT2D eigenvalue weighted by atomic mass is 79.9. The minimum absolute atomic E-state index is 0.133. The van der Waals surface area contributed by atoms with E-state index in [1.54, 1.807) is 0 Å². The fourth-order valence-electron chi connectivity index (χ4n) is 3.56. The Kier molecular flexibility index (Phi) is 7.77. The highest BCUT2D eigenvalue weighted by Gasteiger charge is 2.27. The van der Waals surface area contributed by atoms with Crippen LogP contribution >= 0.6 is 27.3 Å². The lowest BCUT2D eigenvalue weighted by molar-refractivity contribution is -0.136. The summed E-state index contributed by atoms with van der Waals surface area (Å²) in [4.78, 5) is 27.1. The van der Waals surface area contributed by atoms with E-state index >= 15 is 0 Å². The van der Waals surface area contributed by atoms with Crippen LogP contribution in [0.5, 0.6) is 0 Å². The minimum atomic E-state index is -0.142. The lowest BCUT2D eigenvalue weighted by Crippen LogP contribution is -2.39. The maximum atomic E-state index is 12.8. The predicted molar refractivity (Wildman–Crippen MR) is 120 cm³/mol. The number of nitrogens with zero attached hydrogens (tertiary/aromatic N) is 3. The Bertz CT molecular complexity index is 831. The van der Waals surface area contributed by atoms with Crippen LogP contribution in [0, 0.1) is 11.8 Å². The van der Waals surface area contributed by atoms with Crippen molar-refractivity contribution < 1.29 is 9.59 Å². The van der Waals surface area contributed by atoms with Crippen molar-refractivity contribution in [2.45, 2.75) is 46.0 Å². The third-order valence-electron chi connectivity index (χ3n) is 4.97. The van der Waals surface area contributed by atoms with E-state index in [0.29, 0.717) is 24.1 Å². The smallest absolute Gasteiger partial charge is 0.227 e. The number of anilines is 1. The molecule has 1 N–H and O–H groups in total. The first-order valence-electron chi connectivity index (χ1n) is 10.1. The predicted octanol–water partition coefficient (Wildman–Crippen LogP) is 4.97. The van der Waals surface area contributed by atoms with Gasteiger partial charge in [0.1, 0.15) is 5.01 Å². The molecule has 0 radical (unpaired) electrons. The normalized spacial score (nSPS) is 14.3. The van der Waals surface area contributed by atoms with Crippen molar-refractivity contribution >= 4 is 44.2 Å². The summed E-state index contributed by atoms with van der Waals surface area (Å²) in [7, 11) is 0.